The van der Waals surface area contributed by atoms with Gasteiger partial charge in [0.15, 0.2) is 11.4 Å². The van der Waals surface area contributed by atoms with Crippen LogP contribution in [0.15, 0.2) is 70.3 Å². The molecule has 1 heterocycles. The van der Waals surface area contributed by atoms with Gasteiger partial charge in [0.25, 0.3) is 5.22 Å². The predicted molar refractivity (Wildman–Crippen MR) is 134 cm³/mol. The van der Waals surface area contributed by atoms with Crippen LogP contribution >= 0.6 is 11.8 Å². The van der Waals surface area contributed by atoms with Crippen LogP contribution in [0.4, 0.5) is 13.2 Å². The van der Waals surface area contributed by atoms with E-state index in [0.717, 1.165) is 24.1 Å². The smallest absolute Gasteiger partial charge is 0.416 e. The summed E-state index contributed by atoms with van der Waals surface area (Å²) in [6.07, 6.45) is -3.41. The van der Waals surface area contributed by atoms with Gasteiger partial charge in [-0.1, -0.05) is 68.9 Å². The number of phenols is 1. The van der Waals surface area contributed by atoms with Crippen molar-refractivity contribution >= 4 is 28.6 Å². The third kappa shape index (κ3) is 5.93. The number of aromatic hydroxyl groups is 1. The number of carbonyl (C=O) groups is 1. The van der Waals surface area contributed by atoms with E-state index < -0.39 is 17.7 Å². The highest BCUT2D eigenvalue weighted by atomic mass is 32.2. The van der Waals surface area contributed by atoms with Crippen molar-refractivity contribution in [2.75, 3.05) is 0 Å². The van der Waals surface area contributed by atoms with Crippen LogP contribution < -0.4 is 0 Å². The van der Waals surface area contributed by atoms with E-state index in [4.69, 9.17) is 4.42 Å². The summed E-state index contributed by atoms with van der Waals surface area (Å²) >= 11 is 1.22. The predicted octanol–water partition coefficient (Wildman–Crippen LogP) is 8.03. The fourth-order valence-corrected chi connectivity index (χ4v) is 4.73. The molecule has 4 rings (SSSR count). The van der Waals surface area contributed by atoms with E-state index in [1.165, 1.54) is 41.6 Å². The average Bonchev–Trinajstić information content (AvgIpc) is 3.22. The Morgan fingerprint density at radius 1 is 1.00 bits per heavy atom. The molecule has 0 spiro atoms. The molecule has 0 saturated heterocycles. The van der Waals surface area contributed by atoms with Gasteiger partial charge in [0.2, 0.25) is 0 Å². The number of hydrogen-bond donors (Lipinski definition) is 1. The van der Waals surface area contributed by atoms with Crippen molar-refractivity contribution in [1.82, 2.24) is 4.98 Å². The summed E-state index contributed by atoms with van der Waals surface area (Å²) in [5, 5.41) is 10.8. The minimum atomic E-state index is -4.38. The largest absolute Gasteiger partial charge is 0.507 e. The van der Waals surface area contributed by atoms with Crippen LogP contribution in [0.1, 0.15) is 59.3 Å². The fourth-order valence-electron chi connectivity index (χ4n) is 3.93. The van der Waals surface area contributed by atoms with Gasteiger partial charge >= 0.3 is 6.18 Å². The summed E-state index contributed by atoms with van der Waals surface area (Å²) in [5.41, 5.74) is 2.96. The number of carbonyl (C=O) groups excluding carboxylic acids is 1. The Labute approximate surface area is 211 Å². The monoisotopic (exact) mass is 513 g/mol. The number of ketones is 1. The molecule has 1 unspecified atom stereocenters. The minimum Gasteiger partial charge on any atom is -0.507 e. The molecule has 8 heteroatoms. The number of thioether (sulfide) groups is 1. The van der Waals surface area contributed by atoms with E-state index in [-0.39, 0.29) is 17.1 Å². The molecule has 0 bridgehead atoms. The van der Waals surface area contributed by atoms with Crippen LogP contribution in [-0.2, 0) is 18.3 Å². The lowest BCUT2D eigenvalue weighted by molar-refractivity contribution is -0.137. The molecule has 0 aliphatic heterocycles. The molecule has 1 N–H and O–H groups in total. The minimum absolute atomic E-state index is 0.161. The normalized spacial score (nSPS) is 12.9. The fraction of sp³-hybridized carbons (Fsp3) is 0.286. The van der Waals surface area contributed by atoms with Crippen molar-refractivity contribution in [2.45, 2.75) is 50.3 Å². The Balaban J connectivity index is 1.48. The first-order valence-corrected chi connectivity index (χ1v) is 12.6. The summed E-state index contributed by atoms with van der Waals surface area (Å²) in [5.74, 6) is 0.0205. The van der Waals surface area contributed by atoms with E-state index in [0.29, 0.717) is 33.6 Å². The summed E-state index contributed by atoms with van der Waals surface area (Å²) in [6, 6.07) is 15.7. The van der Waals surface area contributed by atoms with Crippen molar-refractivity contribution in [3.05, 3.63) is 88.5 Å². The molecule has 0 radical (unpaired) electrons. The van der Waals surface area contributed by atoms with E-state index in [2.05, 4.69) is 18.8 Å². The topological polar surface area (TPSA) is 63.3 Å². The van der Waals surface area contributed by atoms with E-state index in [9.17, 15) is 23.1 Å². The van der Waals surface area contributed by atoms with Gasteiger partial charge in [0, 0.05) is 17.7 Å². The lowest BCUT2D eigenvalue weighted by Crippen LogP contribution is -2.10. The summed E-state index contributed by atoms with van der Waals surface area (Å²) in [4.78, 5) is 17.6. The number of benzene rings is 3. The molecule has 36 heavy (non-hydrogen) atoms. The van der Waals surface area contributed by atoms with Gasteiger partial charge in [0.05, 0.1) is 11.1 Å². The Bertz CT molecular complexity index is 1360. The van der Waals surface area contributed by atoms with Crippen LogP contribution in [0.3, 0.4) is 0 Å². The third-order valence-electron chi connectivity index (χ3n) is 5.91. The zero-order valence-corrected chi connectivity index (χ0v) is 20.9. The molecule has 1 aromatic heterocycles. The number of hydrogen-bond acceptors (Lipinski definition) is 5. The number of oxazole rings is 1. The van der Waals surface area contributed by atoms with Crippen molar-refractivity contribution < 1.29 is 27.5 Å². The quantitative estimate of drug-likeness (QED) is 0.191. The van der Waals surface area contributed by atoms with Gasteiger partial charge in [0.1, 0.15) is 11.3 Å². The van der Waals surface area contributed by atoms with Crippen LogP contribution in [-0.4, -0.2) is 15.9 Å². The van der Waals surface area contributed by atoms with Crippen LogP contribution in [0.2, 0.25) is 0 Å². The Kier molecular flexibility index (Phi) is 7.45. The first-order valence-electron chi connectivity index (χ1n) is 11.6. The van der Waals surface area contributed by atoms with Gasteiger partial charge in [-0.25, -0.2) is 4.98 Å². The molecular weight excluding hydrogens is 487 g/mol. The summed E-state index contributed by atoms with van der Waals surface area (Å²) in [7, 11) is 0. The van der Waals surface area contributed by atoms with Crippen molar-refractivity contribution in [3.8, 4) is 5.75 Å². The van der Waals surface area contributed by atoms with Crippen molar-refractivity contribution in [2.24, 2.45) is 5.92 Å². The Morgan fingerprint density at radius 3 is 2.25 bits per heavy atom. The molecule has 188 valence electrons. The van der Waals surface area contributed by atoms with Crippen LogP contribution in [0, 0.1) is 5.92 Å². The maximum atomic E-state index is 13.2. The summed E-state index contributed by atoms with van der Waals surface area (Å²) in [6.45, 7) is 6.11. The van der Waals surface area contributed by atoms with Crippen LogP contribution in [0.5, 0.6) is 5.75 Å². The highest BCUT2D eigenvalue weighted by molar-refractivity contribution is 7.98. The average molecular weight is 514 g/mol. The zero-order chi connectivity index (χ0) is 26.0. The van der Waals surface area contributed by atoms with Gasteiger partial charge in [-0.2, -0.15) is 13.2 Å². The molecular formula is C28H26F3NO3S. The standard InChI is InChI=1S/C28H26F3NO3S/c1-16(2)12-18-4-8-20(9-5-18)17(3)26(34)22-13-23-25(14-24(22)33)35-27(32-23)36-15-19-6-10-21(11-7-19)28(29,30)31/h4-11,13-14,16-17,33H,12,15H2,1-3H3. The zero-order valence-electron chi connectivity index (χ0n) is 20.1. The van der Waals surface area contributed by atoms with Crippen molar-refractivity contribution in [1.29, 1.82) is 0 Å². The number of halogens is 3. The maximum Gasteiger partial charge on any atom is 0.416 e. The van der Waals surface area contributed by atoms with E-state index >= 15 is 0 Å². The first-order chi connectivity index (χ1) is 17.0. The lowest BCUT2D eigenvalue weighted by atomic mass is 9.90. The molecule has 0 amide bonds. The molecule has 0 aliphatic rings. The van der Waals surface area contributed by atoms with Crippen LogP contribution in [0.25, 0.3) is 11.1 Å². The molecule has 0 fully saturated rings. The number of aromatic nitrogens is 1. The first kappa shape index (κ1) is 25.8. The SMILES string of the molecule is CC(C)Cc1ccc(C(C)C(=O)c2cc3nc(SCc4ccc(C(F)(F)F)cc4)oc3cc2O)cc1. The Hall–Kier alpha value is -3.26. The lowest BCUT2D eigenvalue weighted by Gasteiger charge is -2.13. The van der Waals surface area contributed by atoms with E-state index in [1.807, 2.05) is 24.3 Å². The number of Topliss-reactive ketones (excluding diaryl/α,β-unsaturated/α-hetero) is 1. The number of alkyl halides is 3. The third-order valence-corrected chi connectivity index (χ3v) is 6.81. The number of nitrogens with zero attached hydrogens (tertiary/aromatic N) is 1. The number of rotatable bonds is 8. The Morgan fingerprint density at radius 2 is 1.64 bits per heavy atom. The highest BCUT2D eigenvalue weighted by Gasteiger charge is 2.30. The molecule has 3 aromatic carbocycles. The highest BCUT2D eigenvalue weighted by Crippen LogP contribution is 2.34. The molecule has 1 atom stereocenters. The van der Waals surface area contributed by atoms with Gasteiger partial charge in [-0.3, -0.25) is 4.79 Å². The second-order valence-electron chi connectivity index (χ2n) is 9.23. The molecule has 0 saturated carbocycles. The number of phenolic OH excluding ortho intramolecular Hbond substituents is 1. The summed E-state index contributed by atoms with van der Waals surface area (Å²) < 4.78 is 43.9. The maximum absolute atomic E-state index is 13.2. The van der Waals surface area contributed by atoms with Gasteiger partial charge < -0.3 is 9.52 Å². The molecule has 4 aromatic rings. The van der Waals surface area contributed by atoms with Gasteiger partial charge in [-0.15, -0.1) is 0 Å². The molecule has 4 nitrogen and oxygen atoms in total. The van der Waals surface area contributed by atoms with E-state index in [1.54, 1.807) is 6.92 Å². The van der Waals surface area contributed by atoms with Gasteiger partial charge in [-0.05, 0) is 47.2 Å². The molecule has 0 aliphatic carbocycles. The second-order valence-corrected chi connectivity index (χ2v) is 10.2. The second kappa shape index (κ2) is 10.4. The number of fused-ring (bicyclic) bond motifs is 1. The van der Waals surface area contributed by atoms with Crippen molar-refractivity contribution in [3.63, 3.8) is 0 Å².